The number of fused-ring (bicyclic) bond motifs is 16. The van der Waals surface area contributed by atoms with Crippen LogP contribution >= 0.6 is 0 Å². The van der Waals surface area contributed by atoms with E-state index in [-0.39, 0.29) is 90.6 Å². The fourth-order valence-electron chi connectivity index (χ4n) is 16.6. The van der Waals surface area contributed by atoms with Crippen LogP contribution in [0.15, 0.2) is 109 Å². The molecule has 2 aliphatic heterocycles. The molecule has 4 aliphatic carbocycles. The number of nitrogens with zero attached hydrogens (tertiary/aromatic N) is 3. The van der Waals surface area contributed by atoms with E-state index >= 15 is 0 Å². The van der Waals surface area contributed by atoms with Crippen LogP contribution < -0.4 is 26.2 Å². The molecule has 0 N–H and O–H groups in total. The maximum Gasteiger partial charge on any atom is 0.252 e. The number of anilines is 6. The number of rotatable bonds is 2. The molecule has 0 radical (unpaired) electrons. The van der Waals surface area contributed by atoms with Crippen molar-refractivity contribution in [1.29, 1.82) is 0 Å². The van der Waals surface area contributed by atoms with Gasteiger partial charge in [0, 0.05) is 44.3 Å². The van der Waals surface area contributed by atoms with E-state index in [1.54, 1.807) is 0 Å². The Morgan fingerprint density at radius 1 is 0.372 bits per heavy atom. The first-order chi connectivity index (χ1) is 40.0. The fourth-order valence-corrected chi connectivity index (χ4v) is 16.6. The van der Waals surface area contributed by atoms with Crippen molar-refractivity contribution in [3.05, 3.63) is 154 Å². The van der Waals surface area contributed by atoms with Crippen LogP contribution in [-0.2, 0) is 43.3 Å². The van der Waals surface area contributed by atoms with Gasteiger partial charge in [0.25, 0.3) is 6.71 Å². The van der Waals surface area contributed by atoms with Crippen molar-refractivity contribution in [3.8, 4) is 0 Å². The molecular weight excluding hydrogens is 942 g/mol. The first-order valence-electron chi connectivity index (χ1n) is 33.5. The minimum Gasteiger partial charge on any atom is -0.311 e. The summed E-state index contributed by atoms with van der Waals surface area (Å²) in [4.78, 5) is 4.96. The maximum atomic E-state index is 10.3. The topological polar surface area (TPSA) is 10.9 Å². The highest BCUT2D eigenvalue weighted by Gasteiger charge is 2.51. The zero-order valence-corrected chi connectivity index (χ0v) is 49.3. The molecule has 0 unspecified atom stereocenters. The summed E-state index contributed by atoms with van der Waals surface area (Å²) in [6.45, 7) is 37.8. The zero-order chi connectivity index (χ0) is 61.5. The lowest BCUT2D eigenvalue weighted by Crippen LogP contribution is -2.62. The molecule has 78 heavy (non-hydrogen) atoms. The Hall–Kier alpha value is -6.00. The molecule has 2 aromatic heterocycles. The third-order valence-corrected chi connectivity index (χ3v) is 22.0. The van der Waals surface area contributed by atoms with Crippen molar-refractivity contribution in [2.45, 2.75) is 205 Å². The predicted molar refractivity (Wildman–Crippen MR) is 336 cm³/mol. The van der Waals surface area contributed by atoms with Crippen LogP contribution in [0.1, 0.15) is 218 Å². The summed E-state index contributed by atoms with van der Waals surface area (Å²) in [6.07, 6.45) is 8.22. The van der Waals surface area contributed by atoms with E-state index < -0.39 is 18.8 Å². The summed E-state index contributed by atoms with van der Waals surface area (Å²) >= 11 is 0. The van der Waals surface area contributed by atoms with Gasteiger partial charge in [-0.3, -0.25) is 0 Å². The smallest absolute Gasteiger partial charge is 0.252 e. The van der Waals surface area contributed by atoms with Crippen LogP contribution in [-0.4, -0.2) is 11.1 Å². The molecule has 396 valence electrons. The Labute approximate surface area is 477 Å². The molecule has 4 heterocycles. The van der Waals surface area contributed by atoms with Crippen molar-refractivity contribution < 1.29 is 11.0 Å². The molecule has 4 heteroatoms. The molecule has 15 rings (SSSR count). The van der Waals surface area contributed by atoms with Crippen LogP contribution in [0.5, 0.6) is 0 Å². The van der Waals surface area contributed by atoms with Gasteiger partial charge >= 0.3 is 0 Å². The third kappa shape index (κ3) is 6.30. The zero-order valence-electron chi connectivity index (χ0n) is 57.3. The Morgan fingerprint density at radius 2 is 0.679 bits per heavy atom. The number of hydrogen-bond donors (Lipinski definition) is 0. The SMILES string of the molecule is [2H]c1c([2H])c([2H])c2c(c1[2H])c1c3c4c(c5c6c([2H])c([2H])c([2H])c([2H])c6n2c15)N(c1ccc2c(c1)C(C)(C)CCC2(C)C)c1cc2c(cc1B4c1cc4c(cc1N3c1ccc3c(c1)C(C)(C)CCC3(C)C)C(C)(C)CCC4(C)C)C(C)(C)CCC2(C)C. The quantitative estimate of drug-likeness (QED) is 0.160. The van der Waals surface area contributed by atoms with Crippen LogP contribution in [0.3, 0.4) is 0 Å². The van der Waals surface area contributed by atoms with Crippen molar-refractivity contribution in [1.82, 2.24) is 4.40 Å². The van der Waals surface area contributed by atoms with Crippen LogP contribution in [0.2, 0.25) is 0 Å². The molecule has 0 atom stereocenters. The van der Waals surface area contributed by atoms with Crippen molar-refractivity contribution in [2.75, 3.05) is 9.80 Å². The maximum absolute atomic E-state index is 10.3. The Balaban J connectivity index is 1.25. The molecule has 0 fully saturated rings. The van der Waals surface area contributed by atoms with Crippen LogP contribution in [0.4, 0.5) is 34.1 Å². The Morgan fingerprint density at radius 3 is 1.04 bits per heavy atom. The monoisotopic (exact) mass is 1030 g/mol. The lowest BCUT2D eigenvalue weighted by molar-refractivity contribution is 0.332. The largest absolute Gasteiger partial charge is 0.311 e. The normalized spacial score (nSPS) is 23.4. The molecule has 6 aliphatic rings. The highest BCUT2D eigenvalue weighted by atomic mass is 15.2. The van der Waals surface area contributed by atoms with E-state index in [2.05, 4.69) is 181 Å². The Kier molecular flexibility index (Phi) is 7.93. The minimum absolute atomic E-state index is 0.0716. The molecule has 0 saturated carbocycles. The first kappa shape index (κ1) is 41.1. The summed E-state index contributed by atoms with van der Waals surface area (Å²) in [5, 5.41) is 1.93. The molecule has 0 saturated heterocycles. The molecule has 7 aromatic carbocycles. The van der Waals surface area contributed by atoms with Gasteiger partial charge in [0.15, 0.2) is 0 Å². The molecule has 0 amide bonds. The molecule has 9 aromatic rings. The first-order valence-corrected chi connectivity index (χ1v) is 29.5. The van der Waals surface area contributed by atoms with Gasteiger partial charge in [-0.25, -0.2) is 0 Å². The summed E-state index contributed by atoms with van der Waals surface area (Å²) in [7, 11) is 0. The van der Waals surface area contributed by atoms with E-state index in [0.29, 0.717) is 27.1 Å². The summed E-state index contributed by atoms with van der Waals surface area (Å²) in [5.74, 6) is 0. The van der Waals surface area contributed by atoms with Gasteiger partial charge in [0.1, 0.15) is 0 Å². The molecule has 0 spiro atoms. The molecule has 0 bridgehead atoms. The number of hydrogen-bond acceptors (Lipinski definition) is 2. The third-order valence-electron chi connectivity index (χ3n) is 22.0. The number of para-hydroxylation sites is 2. The second kappa shape index (κ2) is 15.1. The summed E-state index contributed by atoms with van der Waals surface area (Å²) in [6, 6.07) is 22.1. The summed E-state index contributed by atoms with van der Waals surface area (Å²) in [5.41, 5.74) is 19.3. The van der Waals surface area contributed by atoms with Gasteiger partial charge in [-0.1, -0.05) is 171 Å². The Bertz CT molecular complexity index is 4330. The number of benzene rings is 7. The van der Waals surface area contributed by atoms with Crippen molar-refractivity contribution in [3.63, 3.8) is 0 Å². The van der Waals surface area contributed by atoms with E-state index in [9.17, 15) is 11.0 Å². The van der Waals surface area contributed by atoms with E-state index in [0.717, 1.165) is 102 Å². The fraction of sp³-hybridized carbons (Fsp3) is 0.432. The highest BCUT2D eigenvalue weighted by Crippen LogP contribution is 2.59. The van der Waals surface area contributed by atoms with Gasteiger partial charge in [0.05, 0.1) is 38.9 Å². The van der Waals surface area contributed by atoms with E-state index in [4.69, 9.17) is 0 Å². The minimum atomic E-state index is -0.440. The number of aromatic nitrogens is 1. The van der Waals surface area contributed by atoms with Gasteiger partial charge in [0.2, 0.25) is 0 Å². The predicted octanol–water partition coefficient (Wildman–Crippen LogP) is 18.3. The lowest BCUT2D eigenvalue weighted by atomic mass is 9.32. The van der Waals surface area contributed by atoms with Crippen LogP contribution in [0.25, 0.3) is 38.1 Å². The lowest BCUT2D eigenvalue weighted by Gasteiger charge is -2.49. The van der Waals surface area contributed by atoms with Gasteiger partial charge < -0.3 is 14.2 Å². The average Bonchev–Trinajstić information content (AvgIpc) is 1.38. The second-order valence-electron chi connectivity index (χ2n) is 30.5. The van der Waals surface area contributed by atoms with Gasteiger partial charge in [-0.15, -0.1) is 0 Å². The van der Waals surface area contributed by atoms with Crippen molar-refractivity contribution in [2.24, 2.45) is 0 Å². The van der Waals surface area contributed by atoms with E-state index in [1.807, 2.05) is 4.40 Å². The average molecular weight is 1030 g/mol. The second-order valence-corrected chi connectivity index (χ2v) is 30.5. The summed E-state index contributed by atoms with van der Waals surface area (Å²) < 4.78 is 80.4. The highest BCUT2D eigenvalue weighted by molar-refractivity contribution is 7.01. The molecule has 3 nitrogen and oxygen atoms in total. The van der Waals surface area contributed by atoms with Gasteiger partial charge in [-0.2, -0.15) is 0 Å². The molecular formula is C74H82BN3. The van der Waals surface area contributed by atoms with Gasteiger partial charge in [-0.05, 0) is 204 Å². The van der Waals surface area contributed by atoms with E-state index in [1.165, 1.54) is 44.5 Å². The van der Waals surface area contributed by atoms with Crippen molar-refractivity contribution >= 4 is 95.3 Å². The van der Waals surface area contributed by atoms with Crippen LogP contribution in [0, 0.1) is 0 Å². The standard InChI is InChI=1S/C74H82BN3/c1-67(2)29-31-69(5,6)49-37-43(25-27-47(49)67)76-59-41-53-51(71(9,10)33-35-73(53,13)14)39-55(59)75-56-40-52-54(74(15,16)36-34-72(52,11)12)42-60(56)77(44-26-28-48-50(38-44)70(7,8)32-30-68(48,3)4)66-62-46-22-18-20-24-58(46)78-57-23-19-17-21-45(57)61(64(62)78)65(76)63(66)75/h17-28,37-42H,29-36H2,1-16H3/i17D,18D,19D,20D,21D,22D,23D,24D.